The number of nitrogens with zero attached hydrogens (tertiary/aromatic N) is 2. The quantitative estimate of drug-likeness (QED) is 0.759. The van der Waals surface area contributed by atoms with Crippen molar-refractivity contribution in [1.29, 1.82) is 0 Å². The molecule has 96 valence electrons. The molecule has 0 radical (unpaired) electrons. The summed E-state index contributed by atoms with van der Waals surface area (Å²) < 4.78 is 7.99. The number of esters is 1. The molecule has 0 fully saturated rings. The standard InChI is InChI=1S/C13H15BrN2O2/c1-8-5-9(12(17)18-13(2,3)4)6-11-10(14)7-15-16(8)11/h5-7H,1-4H3. The lowest BCUT2D eigenvalue weighted by Crippen LogP contribution is -2.24. The second kappa shape index (κ2) is 4.39. The molecule has 0 bridgehead atoms. The van der Waals surface area contributed by atoms with E-state index in [1.165, 1.54) is 0 Å². The largest absolute Gasteiger partial charge is 0.456 e. The number of hydrogen-bond acceptors (Lipinski definition) is 3. The van der Waals surface area contributed by atoms with Crippen molar-refractivity contribution in [3.8, 4) is 0 Å². The summed E-state index contributed by atoms with van der Waals surface area (Å²) in [5, 5.41) is 4.21. The van der Waals surface area contributed by atoms with Crippen LogP contribution in [0, 0.1) is 6.92 Å². The van der Waals surface area contributed by atoms with E-state index in [1.807, 2.05) is 27.7 Å². The Morgan fingerprint density at radius 3 is 2.67 bits per heavy atom. The minimum Gasteiger partial charge on any atom is -0.456 e. The number of carbonyl (C=O) groups is 1. The van der Waals surface area contributed by atoms with Gasteiger partial charge in [-0.15, -0.1) is 0 Å². The highest BCUT2D eigenvalue weighted by Crippen LogP contribution is 2.21. The SMILES string of the molecule is Cc1cc(C(=O)OC(C)(C)C)cc2c(Br)cnn12. The fourth-order valence-electron chi connectivity index (χ4n) is 1.68. The van der Waals surface area contributed by atoms with Gasteiger partial charge in [-0.25, -0.2) is 9.31 Å². The molecule has 0 aliphatic carbocycles. The molecule has 2 heterocycles. The Labute approximate surface area is 114 Å². The maximum Gasteiger partial charge on any atom is 0.338 e. The lowest BCUT2D eigenvalue weighted by Gasteiger charge is -2.19. The highest BCUT2D eigenvalue weighted by Gasteiger charge is 2.19. The van der Waals surface area contributed by atoms with E-state index >= 15 is 0 Å². The van der Waals surface area contributed by atoms with Gasteiger partial charge < -0.3 is 4.74 Å². The highest BCUT2D eigenvalue weighted by molar-refractivity contribution is 9.10. The van der Waals surface area contributed by atoms with Crippen molar-refractivity contribution in [2.24, 2.45) is 0 Å². The molecule has 5 heteroatoms. The van der Waals surface area contributed by atoms with E-state index in [9.17, 15) is 4.79 Å². The zero-order valence-corrected chi connectivity index (χ0v) is 12.4. The molecule has 2 rings (SSSR count). The van der Waals surface area contributed by atoms with Gasteiger partial charge in [0.15, 0.2) is 0 Å². The van der Waals surface area contributed by atoms with E-state index in [4.69, 9.17) is 4.74 Å². The summed E-state index contributed by atoms with van der Waals surface area (Å²) in [6, 6.07) is 3.55. The molecule has 0 spiro atoms. The molecule has 0 saturated carbocycles. The van der Waals surface area contributed by atoms with Crippen molar-refractivity contribution in [2.75, 3.05) is 0 Å². The van der Waals surface area contributed by atoms with Crippen LogP contribution in [-0.2, 0) is 4.74 Å². The monoisotopic (exact) mass is 310 g/mol. The van der Waals surface area contributed by atoms with Gasteiger partial charge in [0.05, 0.1) is 21.7 Å². The topological polar surface area (TPSA) is 43.6 Å². The van der Waals surface area contributed by atoms with Gasteiger partial charge in [0.1, 0.15) is 5.60 Å². The predicted octanol–water partition coefficient (Wildman–Crippen LogP) is 3.36. The molecule has 2 aromatic heterocycles. The summed E-state index contributed by atoms with van der Waals surface area (Å²) in [5.74, 6) is -0.318. The first-order valence-corrected chi connectivity index (χ1v) is 6.44. The molecule has 18 heavy (non-hydrogen) atoms. The average Bonchev–Trinajstić information content (AvgIpc) is 2.58. The third kappa shape index (κ3) is 2.56. The summed E-state index contributed by atoms with van der Waals surface area (Å²) in [6.45, 7) is 7.46. The lowest BCUT2D eigenvalue weighted by molar-refractivity contribution is 0.00694. The Morgan fingerprint density at radius 1 is 1.39 bits per heavy atom. The fourth-order valence-corrected chi connectivity index (χ4v) is 2.05. The van der Waals surface area contributed by atoms with Crippen LogP contribution < -0.4 is 0 Å². The van der Waals surface area contributed by atoms with Crippen LogP contribution in [0.3, 0.4) is 0 Å². The minimum atomic E-state index is -0.491. The molecular weight excluding hydrogens is 296 g/mol. The van der Waals surface area contributed by atoms with Crippen molar-refractivity contribution >= 4 is 27.4 Å². The number of halogens is 1. The third-order valence-corrected chi connectivity index (χ3v) is 3.00. The van der Waals surface area contributed by atoms with Crippen molar-refractivity contribution < 1.29 is 9.53 Å². The number of aryl methyl sites for hydroxylation is 1. The fraction of sp³-hybridized carbons (Fsp3) is 0.385. The van der Waals surface area contributed by atoms with Crippen LogP contribution in [0.1, 0.15) is 36.8 Å². The first kappa shape index (κ1) is 13.1. The molecule has 2 aromatic rings. The molecule has 4 nitrogen and oxygen atoms in total. The normalized spacial score (nSPS) is 11.8. The van der Waals surface area contributed by atoms with E-state index in [0.29, 0.717) is 5.56 Å². The van der Waals surface area contributed by atoms with Gasteiger partial charge in [-0.05, 0) is 55.8 Å². The van der Waals surface area contributed by atoms with Crippen LogP contribution in [0.5, 0.6) is 0 Å². The Hall–Kier alpha value is -1.36. The first-order chi connectivity index (χ1) is 8.28. The van der Waals surface area contributed by atoms with E-state index in [0.717, 1.165) is 15.7 Å². The first-order valence-electron chi connectivity index (χ1n) is 5.65. The van der Waals surface area contributed by atoms with Gasteiger partial charge in [0.25, 0.3) is 0 Å². The Kier molecular flexibility index (Phi) is 3.19. The van der Waals surface area contributed by atoms with Gasteiger partial charge in [0.2, 0.25) is 0 Å². The molecular formula is C13H15BrN2O2. The Balaban J connectivity index is 2.46. The maximum atomic E-state index is 12.0. The number of carbonyl (C=O) groups excluding carboxylic acids is 1. The summed E-state index contributed by atoms with van der Waals surface area (Å²) in [4.78, 5) is 12.0. The van der Waals surface area contributed by atoms with Crippen LogP contribution in [0.25, 0.3) is 5.52 Å². The molecule has 0 atom stereocenters. The number of fused-ring (bicyclic) bond motifs is 1. The van der Waals surface area contributed by atoms with Gasteiger partial charge in [-0.2, -0.15) is 5.10 Å². The summed E-state index contributed by atoms with van der Waals surface area (Å²) in [7, 11) is 0. The number of aromatic nitrogens is 2. The van der Waals surface area contributed by atoms with Crippen molar-refractivity contribution in [3.05, 3.63) is 34.1 Å². The van der Waals surface area contributed by atoms with E-state index in [1.54, 1.807) is 22.8 Å². The molecule has 0 saturated heterocycles. The molecule has 0 amide bonds. The Bertz CT molecular complexity index is 611. The van der Waals surface area contributed by atoms with E-state index in [2.05, 4.69) is 21.0 Å². The second-order valence-corrected chi connectivity index (χ2v) is 6.03. The number of ether oxygens (including phenoxy) is 1. The second-order valence-electron chi connectivity index (χ2n) is 5.18. The summed E-state index contributed by atoms with van der Waals surface area (Å²) >= 11 is 3.41. The molecule has 0 aromatic carbocycles. The minimum absolute atomic E-state index is 0.318. The maximum absolute atomic E-state index is 12.0. The number of rotatable bonds is 1. The zero-order chi connectivity index (χ0) is 13.5. The van der Waals surface area contributed by atoms with E-state index < -0.39 is 5.60 Å². The molecule has 0 N–H and O–H groups in total. The summed E-state index contributed by atoms with van der Waals surface area (Å²) in [5.41, 5.74) is 1.79. The van der Waals surface area contributed by atoms with Crippen LogP contribution in [0.4, 0.5) is 0 Å². The third-order valence-electron chi connectivity index (χ3n) is 2.38. The molecule has 0 aliphatic heterocycles. The number of hydrogen-bond donors (Lipinski definition) is 0. The number of pyridine rings is 1. The predicted molar refractivity (Wildman–Crippen MR) is 72.8 cm³/mol. The van der Waals surface area contributed by atoms with Gasteiger partial charge in [-0.3, -0.25) is 0 Å². The van der Waals surface area contributed by atoms with Gasteiger partial charge in [-0.1, -0.05) is 0 Å². The Morgan fingerprint density at radius 2 is 2.06 bits per heavy atom. The van der Waals surface area contributed by atoms with Crippen LogP contribution in [0.15, 0.2) is 22.8 Å². The molecule has 0 unspecified atom stereocenters. The van der Waals surface area contributed by atoms with Gasteiger partial charge >= 0.3 is 5.97 Å². The van der Waals surface area contributed by atoms with Crippen molar-refractivity contribution in [3.63, 3.8) is 0 Å². The molecule has 0 aliphatic rings. The van der Waals surface area contributed by atoms with Crippen molar-refractivity contribution in [1.82, 2.24) is 9.61 Å². The zero-order valence-electron chi connectivity index (χ0n) is 10.8. The van der Waals surface area contributed by atoms with Crippen LogP contribution >= 0.6 is 15.9 Å². The average molecular weight is 311 g/mol. The summed E-state index contributed by atoms with van der Waals surface area (Å²) in [6.07, 6.45) is 1.71. The van der Waals surface area contributed by atoms with E-state index in [-0.39, 0.29) is 5.97 Å². The van der Waals surface area contributed by atoms with Crippen LogP contribution in [0.2, 0.25) is 0 Å². The van der Waals surface area contributed by atoms with Crippen LogP contribution in [-0.4, -0.2) is 21.2 Å². The van der Waals surface area contributed by atoms with Crippen molar-refractivity contribution in [2.45, 2.75) is 33.3 Å². The lowest BCUT2D eigenvalue weighted by atomic mass is 10.1. The smallest absolute Gasteiger partial charge is 0.338 e. The highest BCUT2D eigenvalue weighted by atomic mass is 79.9. The van der Waals surface area contributed by atoms with Gasteiger partial charge in [0, 0.05) is 5.69 Å².